The number of aromatic nitrogens is 2. The molecule has 1 aromatic heterocycles. The molecule has 48 heavy (non-hydrogen) atoms. The zero-order valence-electron chi connectivity index (χ0n) is 30.5. The number of rotatable bonds is 6. The largest absolute Gasteiger partial charge is 0.462 e. The molecule has 7 rings (SSSR count). The Hall–Kier alpha value is -2.18. The fourth-order valence-electron chi connectivity index (χ4n) is 13.1. The lowest BCUT2D eigenvalue weighted by molar-refractivity contribution is -0.232. The molecule has 0 amide bonds. The number of hydrogen-bond acceptors (Lipinski definition) is 6. The van der Waals surface area contributed by atoms with Crippen molar-refractivity contribution in [2.75, 3.05) is 0 Å². The van der Waals surface area contributed by atoms with Crippen molar-refractivity contribution in [1.29, 1.82) is 0 Å². The van der Waals surface area contributed by atoms with Crippen molar-refractivity contribution >= 4 is 17.6 Å². The molecule has 0 aliphatic heterocycles. The van der Waals surface area contributed by atoms with E-state index < -0.39 is 6.10 Å². The van der Waals surface area contributed by atoms with E-state index in [9.17, 15) is 9.90 Å². The number of allylic oxidation sites excluding steroid dienone is 1. The lowest BCUT2D eigenvalue weighted by Crippen LogP contribution is -2.65. The normalized spacial score (nSPS) is 40.2. The molecule has 4 saturated carbocycles. The maximum absolute atomic E-state index is 12.1. The van der Waals surface area contributed by atoms with Crippen LogP contribution in [0.3, 0.4) is 0 Å². The summed E-state index contributed by atoms with van der Waals surface area (Å²) < 4.78 is 12.3. The van der Waals surface area contributed by atoms with Crippen molar-refractivity contribution in [3.8, 4) is 0 Å². The van der Waals surface area contributed by atoms with Crippen LogP contribution in [-0.4, -0.2) is 33.5 Å². The molecule has 1 N–H and O–H groups in total. The van der Waals surface area contributed by atoms with Gasteiger partial charge in [-0.2, -0.15) is 0 Å². The van der Waals surface area contributed by atoms with Crippen LogP contribution in [0.5, 0.6) is 0 Å². The fraction of sp³-hybridized carbons (Fsp3) is 0.732. The quantitative estimate of drug-likeness (QED) is 0.242. The van der Waals surface area contributed by atoms with E-state index >= 15 is 0 Å². The maximum atomic E-state index is 12.1. The molecular formula is C41H57ClN2O4. The van der Waals surface area contributed by atoms with E-state index in [-0.39, 0.29) is 39.1 Å². The number of halogens is 1. The predicted octanol–water partition coefficient (Wildman–Crippen LogP) is 9.56. The third-order valence-corrected chi connectivity index (χ3v) is 15.6. The molecule has 7 heteroatoms. The monoisotopic (exact) mass is 676 g/mol. The van der Waals surface area contributed by atoms with Gasteiger partial charge in [-0.05, 0) is 121 Å². The van der Waals surface area contributed by atoms with Gasteiger partial charge < -0.3 is 14.3 Å². The van der Waals surface area contributed by atoms with E-state index in [1.807, 2.05) is 24.3 Å². The second-order valence-corrected chi connectivity index (χ2v) is 18.6. The summed E-state index contributed by atoms with van der Waals surface area (Å²) in [7, 11) is 0. The molecule has 262 valence electrons. The van der Waals surface area contributed by atoms with Crippen LogP contribution in [0.25, 0.3) is 0 Å². The van der Waals surface area contributed by atoms with Crippen LogP contribution >= 0.6 is 11.6 Å². The smallest absolute Gasteiger partial charge is 0.302 e. The molecule has 2 aromatic rings. The average Bonchev–Trinajstić information content (AvgIpc) is 3.56. The number of hydrogen-bond donors (Lipinski definition) is 1. The first kappa shape index (κ1) is 34.3. The van der Waals surface area contributed by atoms with E-state index in [1.165, 1.54) is 31.3 Å². The van der Waals surface area contributed by atoms with Crippen molar-refractivity contribution in [2.24, 2.45) is 50.7 Å². The minimum atomic E-state index is -0.421. The van der Waals surface area contributed by atoms with Crippen molar-refractivity contribution in [2.45, 2.75) is 138 Å². The van der Waals surface area contributed by atoms with E-state index in [2.05, 4.69) is 58.7 Å². The van der Waals surface area contributed by atoms with Crippen LogP contribution < -0.4 is 0 Å². The first-order valence-electron chi connectivity index (χ1n) is 18.7. The molecule has 0 bridgehead atoms. The molecule has 0 radical (unpaired) electrons. The Balaban J connectivity index is 1.20. The summed E-state index contributed by atoms with van der Waals surface area (Å²) in [6.07, 6.45) is 10.6. The average molecular weight is 677 g/mol. The number of carbonyl (C=O) groups excluding carboxylic acids is 1. The van der Waals surface area contributed by atoms with E-state index in [1.54, 1.807) is 12.5 Å². The van der Waals surface area contributed by atoms with Gasteiger partial charge in [0.25, 0.3) is 0 Å². The number of nitrogens with zero attached hydrogens (tertiary/aromatic N) is 2. The standard InChI is InChI=1S/C41H57ClN2O4/c1-24(2)35-29(46)22-41(23-34-44-43-33(48-34)21-26-9-11-27(42)12-10-26)20-19-39(7)28(36(35)41)13-14-31-38(6)17-16-32(47-25(3)45)37(4,5)30(38)15-18-40(31,39)8/h9-12,24,28-32,46H,13-23H2,1-8H3/t28-,29+,30+,31-,32+,38?,39-,40-,41+/m1/s1. The summed E-state index contributed by atoms with van der Waals surface area (Å²) in [6.45, 7) is 18.7. The Bertz CT molecular complexity index is 1600. The molecule has 5 aliphatic carbocycles. The second-order valence-electron chi connectivity index (χ2n) is 18.2. The van der Waals surface area contributed by atoms with Crippen molar-refractivity contribution in [1.82, 2.24) is 10.2 Å². The van der Waals surface area contributed by atoms with Crippen molar-refractivity contribution < 1.29 is 19.1 Å². The van der Waals surface area contributed by atoms with Gasteiger partial charge in [-0.25, -0.2) is 0 Å². The minimum absolute atomic E-state index is 0.00482. The lowest BCUT2D eigenvalue weighted by Gasteiger charge is -2.72. The third-order valence-electron chi connectivity index (χ3n) is 15.3. The summed E-state index contributed by atoms with van der Waals surface area (Å²) in [4.78, 5) is 12.1. The topological polar surface area (TPSA) is 85.5 Å². The van der Waals surface area contributed by atoms with Crippen molar-refractivity contribution in [3.05, 3.63) is 57.8 Å². The highest BCUT2D eigenvalue weighted by molar-refractivity contribution is 6.30. The highest BCUT2D eigenvalue weighted by Crippen LogP contribution is 2.77. The van der Waals surface area contributed by atoms with Crippen LogP contribution in [0, 0.1) is 50.7 Å². The predicted molar refractivity (Wildman–Crippen MR) is 188 cm³/mol. The second kappa shape index (κ2) is 11.7. The minimum Gasteiger partial charge on any atom is -0.462 e. The van der Waals surface area contributed by atoms with Crippen LogP contribution in [0.1, 0.15) is 131 Å². The summed E-state index contributed by atoms with van der Waals surface area (Å²) in [5.74, 6) is 3.04. The number of aliphatic hydroxyl groups excluding tert-OH is 1. The molecule has 0 spiro atoms. The van der Waals surface area contributed by atoms with Crippen LogP contribution in [0.15, 0.2) is 39.8 Å². The van der Waals surface area contributed by atoms with Gasteiger partial charge in [0.15, 0.2) is 0 Å². The van der Waals surface area contributed by atoms with Crippen LogP contribution in [0.4, 0.5) is 0 Å². The van der Waals surface area contributed by atoms with E-state index in [4.69, 9.17) is 20.8 Å². The number of fused-ring (bicyclic) bond motifs is 7. The van der Waals surface area contributed by atoms with Crippen molar-refractivity contribution in [3.63, 3.8) is 0 Å². The molecule has 0 saturated heterocycles. The van der Waals surface area contributed by atoms with E-state index in [0.717, 1.165) is 37.7 Å². The molecule has 9 atom stereocenters. The third kappa shape index (κ3) is 5.08. The molecular weight excluding hydrogens is 620 g/mol. The Labute approximate surface area is 292 Å². The molecule has 4 fully saturated rings. The lowest BCUT2D eigenvalue weighted by atomic mass is 9.33. The maximum Gasteiger partial charge on any atom is 0.302 e. The Morgan fingerprint density at radius 3 is 2.33 bits per heavy atom. The highest BCUT2D eigenvalue weighted by Gasteiger charge is 2.70. The van der Waals surface area contributed by atoms with E-state index in [0.29, 0.717) is 53.3 Å². The van der Waals surface area contributed by atoms with Gasteiger partial charge in [-0.15, -0.1) is 10.2 Å². The van der Waals surface area contributed by atoms with Gasteiger partial charge in [-0.1, -0.05) is 77.8 Å². The van der Waals surface area contributed by atoms with Gasteiger partial charge in [0.2, 0.25) is 11.8 Å². The zero-order valence-corrected chi connectivity index (χ0v) is 31.3. The summed E-state index contributed by atoms with van der Waals surface area (Å²) in [5, 5.41) is 21.6. The first-order chi connectivity index (χ1) is 22.5. The SMILES string of the molecule is CC(=O)O[C@H]1CCC2(C)[C@H]3CC[C@@H]4C5=C(C(C)C)[C@@H](O)C[C@]5(Cc5nnc(Cc6ccc(Cl)cc6)o5)CC[C@@]4(C)[C@]3(C)CC[C@H]2C1(C)C. The van der Waals surface area contributed by atoms with Gasteiger partial charge in [0.1, 0.15) is 6.10 Å². The fourth-order valence-corrected chi connectivity index (χ4v) is 13.2. The van der Waals surface area contributed by atoms with Gasteiger partial charge >= 0.3 is 5.97 Å². The van der Waals surface area contributed by atoms with Gasteiger partial charge in [-0.3, -0.25) is 4.79 Å². The Kier molecular flexibility index (Phi) is 8.34. The number of esters is 1. The summed E-state index contributed by atoms with van der Waals surface area (Å²) in [6, 6.07) is 7.81. The summed E-state index contributed by atoms with van der Waals surface area (Å²) in [5.41, 5.74) is 4.27. The molecule has 5 aliphatic rings. The number of benzene rings is 1. The van der Waals surface area contributed by atoms with Gasteiger partial charge in [0, 0.05) is 29.2 Å². The molecule has 1 heterocycles. The van der Waals surface area contributed by atoms with Crippen LogP contribution in [0.2, 0.25) is 5.02 Å². The highest BCUT2D eigenvalue weighted by atomic mass is 35.5. The first-order valence-corrected chi connectivity index (χ1v) is 19.1. The number of ether oxygens (including phenoxy) is 1. The molecule has 1 aromatic carbocycles. The Morgan fingerprint density at radius 2 is 1.65 bits per heavy atom. The zero-order chi connectivity index (χ0) is 34.4. The number of carbonyl (C=O) groups is 1. The Morgan fingerprint density at radius 1 is 0.938 bits per heavy atom. The number of aliphatic hydroxyl groups is 1. The van der Waals surface area contributed by atoms with Crippen LogP contribution in [-0.2, 0) is 22.4 Å². The summed E-state index contributed by atoms with van der Waals surface area (Å²) >= 11 is 6.11. The van der Waals surface area contributed by atoms with Gasteiger partial charge in [0.05, 0.1) is 12.5 Å². The molecule has 6 nitrogen and oxygen atoms in total. The molecule has 1 unspecified atom stereocenters.